The van der Waals surface area contributed by atoms with Crippen LogP contribution < -0.4 is 9.57 Å². The minimum atomic E-state index is -3.68. The molecule has 0 saturated heterocycles. The van der Waals surface area contributed by atoms with E-state index in [0.29, 0.717) is 0 Å². The molecule has 2 rings (SSSR count). The summed E-state index contributed by atoms with van der Waals surface area (Å²) in [6.45, 7) is 4.07. The van der Waals surface area contributed by atoms with Crippen molar-refractivity contribution in [1.82, 2.24) is 4.83 Å². The quantitative estimate of drug-likeness (QED) is 0.403. The minimum Gasteiger partial charge on any atom is -0.496 e. The van der Waals surface area contributed by atoms with Gasteiger partial charge in [-0.3, -0.25) is 0 Å². The number of methoxy groups -OCH3 is 1. The van der Waals surface area contributed by atoms with Gasteiger partial charge in [-0.2, -0.15) is 13.5 Å². The summed E-state index contributed by atoms with van der Waals surface area (Å²) in [7, 11) is -2.07. The lowest BCUT2D eigenvalue weighted by molar-refractivity contribution is 0.408. The molecule has 0 aliphatic carbocycles. The van der Waals surface area contributed by atoms with Gasteiger partial charge in [0.1, 0.15) is 5.75 Å². The van der Waals surface area contributed by atoms with E-state index in [1.165, 1.54) is 6.21 Å². The number of hydrogen-bond donors (Lipinski definition) is 1. The number of nitrogens with one attached hydrogen (secondary N) is 1. The standard InChI is InChI=1S/C20H26N2O3S.H2O/c1-4-5-6-8-17-9-7-10-18(20(17)25-3)15-21-22-26(23,24)19-13-11-16(2)12-14-19;/h7,9-15,22H,4-6,8H2,1-3H3;1H2. The number of aryl methyl sites for hydroxylation is 2. The predicted octanol–water partition coefficient (Wildman–Crippen LogP) is 3.22. The summed E-state index contributed by atoms with van der Waals surface area (Å²) in [4.78, 5) is 2.43. The Morgan fingerprint density at radius 1 is 1.11 bits per heavy atom. The molecule has 0 unspecified atom stereocenters. The Balaban J connectivity index is 0.00000364. The van der Waals surface area contributed by atoms with Crippen molar-refractivity contribution in [2.45, 2.75) is 44.4 Å². The van der Waals surface area contributed by atoms with E-state index in [0.717, 1.165) is 48.1 Å². The van der Waals surface area contributed by atoms with Gasteiger partial charge in [0.05, 0.1) is 18.2 Å². The molecule has 7 heteroatoms. The number of hydrogen-bond acceptors (Lipinski definition) is 4. The van der Waals surface area contributed by atoms with Crippen molar-refractivity contribution in [3.05, 3.63) is 59.2 Å². The second-order valence-electron chi connectivity index (χ2n) is 6.16. The highest BCUT2D eigenvalue weighted by atomic mass is 32.2. The molecule has 3 N–H and O–H groups in total. The third-order valence-electron chi connectivity index (χ3n) is 4.09. The van der Waals surface area contributed by atoms with Crippen LogP contribution in [0.2, 0.25) is 0 Å². The first-order chi connectivity index (χ1) is 12.5. The highest BCUT2D eigenvalue weighted by Crippen LogP contribution is 2.24. The Morgan fingerprint density at radius 2 is 1.81 bits per heavy atom. The lowest BCUT2D eigenvalue weighted by atomic mass is 10.0. The van der Waals surface area contributed by atoms with E-state index in [4.69, 9.17) is 4.74 Å². The second-order valence-corrected chi connectivity index (χ2v) is 7.82. The van der Waals surface area contributed by atoms with E-state index in [-0.39, 0.29) is 10.4 Å². The number of para-hydroxylation sites is 1. The van der Waals surface area contributed by atoms with Crippen LogP contribution in [0, 0.1) is 6.92 Å². The number of nitrogens with zero attached hydrogens (tertiary/aromatic N) is 1. The molecule has 0 heterocycles. The van der Waals surface area contributed by atoms with E-state index in [1.807, 2.05) is 25.1 Å². The van der Waals surface area contributed by atoms with Crippen LogP contribution in [0.4, 0.5) is 0 Å². The lowest BCUT2D eigenvalue weighted by Crippen LogP contribution is -2.18. The fourth-order valence-corrected chi connectivity index (χ4v) is 3.44. The molecule has 0 aliphatic rings. The molecule has 2 aromatic carbocycles. The van der Waals surface area contributed by atoms with Crippen molar-refractivity contribution in [2.75, 3.05) is 7.11 Å². The van der Waals surface area contributed by atoms with Crippen LogP contribution in [-0.2, 0) is 16.4 Å². The number of rotatable bonds is 9. The number of benzene rings is 2. The van der Waals surface area contributed by atoms with E-state index in [1.54, 1.807) is 31.4 Å². The fraction of sp³-hybridized carbons (Fsp3) is 0.350. The molecule has 0 radical (unpaired) electrons. The molecule has 6 nitrogen and oxygen atoms in total. The highest BCUT2D eigenvalue weighted by Gasteiger charge is 2.12. The first kappa shape index (κ1) is 22.7. The molecule has 0 spiro atoms. The summed E-state index contributed by atoms with van der Waals surface area (Å²) >= 11 is 0. The largest absolute Gasteiger partial charge is 0.496 e. The molecular weight excluding hydrogens is 364 g/mol. The van der Waals surface area contributed by atoms with Crippen LogP contribution in [0.5, 0.6) is 5.75 Å². The van der Waals surface area contributed by atoms with E-state index in [2.05, 4.69) is 16.9 Å². The van der Waals surface area contributed by atoms with Gasteiger partial charge >= 0.3 is 0 Å². The monoisotopic (exact) mass is 392 g/mol. The summed E-state index contributed by atoms with van der Waals surface area (Å²) < 4.78 is 30.1. The second kappa shape index (κ2) is 10.7. The van der Waals surface area contributed by atoms with Crippen molar-refractivity contribution in [3.8, 4) is 5.75 Å². The zero-order valence-electron chi connectivity index (χ0n) is 16.0. The van der Waals surface area contributed by atoms with Gasteiger partial charge in [-0.05, 0) is 43.5 Å². The van der Waals surface area contributed by atoms with Crippen LogP contribution in [-0.4, -0.2) is 27.2 Å². The third-order valence-corrected chi connectivity index (χ3v) is 5.33. The average molecular weight is 393 g/mol. The van der Waals surface area contributed by atoms with Crippen LogP contribution in [0.15, 0.2) is 52.5 Å². The van der Waals surface area contributed by atoms with E-state index >= 15 is 0 Å². The van der Waals surface area contributed by atoms with Crippen LogP contribution >= 0.6 is 0 Å². The molecule has 27 heavy (non-hydrogen) atoms. The SMILES string of the molecule is CCCCCc1cccc(C=NNS(=O)(=O)c2ccc(C)cc2)c1OC.O. The van der Waals surface area contributed by atoms with Crippen molar-refractivity contribution < 1.29 is 18.6 Å². The predicted molar refractivity (Wildman–Crippen MR) is 109 cm³/mol. The topological polar surface area (TPSA) is 99.3 Å². The molecular formula is C20H28N2O4S. The maximum Gasteiger partial charge on any atom is 0.276 e. The molecule has 0 aromatic heterocycles. The smallest absolute Gasteiger partial charge is 0.276 e. The molecule has 0 saturated carbocycles. The maximum absolute atomic E-state index is 12.3. The van der Waals surface area contributed by atoms with Gasteiger partial charge < -0.3 is 10.2 Å². The van der Waals surface area contributed by atoms with Crippen molar-refractivity contribution >= 4 is 16.2 Å². The first-order valence-electron chi connectivity index (χ1n) is 8.75. The Hall–Kier alpha value is -2.38. The Kier molecular flexibility index (Phi) is 8.97. The molecule has 2 aromatic rings. The lowest BCUT2D eigenvalue weighted by Gasteiger charge is -2.11. The average Bonchev–Trinajstić information content (AvgIpc) is 2.62. The van der Waals surface area contributed by atoms with Crippen molar-refractivity contribution in [2.24, 2.45) is 5.10 Å². The van der Waals surface area contributed by atoms with E-state index < -0.39 is 10.0 Å². The molecule has 0 aliphatic heterocycles. The molecule has 0 fully saturated rings. The maximum atomic E-state index is 12.3. The highest BCUT2D eigenvalue weighted by molar-refractivity contribution is 7.89. The third kappa shape index (κ3) is 6.37. The normalized spacial score (nSPS) is 11.2. The first-order valence-corrected chi connectivity index (χ1v) is 10.2. The zero-order chi connectivity index (χ0) is 19.0. The number of ether oxygens (including phenoxy) is 1. The fourth-order valence-electron chi connectivity index (χ4n) is 2.65. The van der Waals surface area contributed by atoms with Crippen LogP contribution in [0.25, 0.3) is 0 Å². The molecule has 0 atom stereocenters. The summed E-state index contributed by atoms with van der Waals surface area (Å²) in [5.74, 6) is 0.738. The summed E-state index contributed by atoms with van der Waals surface area (Å²) in [6.07, 6.45) is 5.82. The molecule has 148 valence electrons. The van der Waals surface area contributed by atoms with Gasteiger partial charge in [0.25, 0.3) is 10.0 Å². The molecule has 0 amide bonds. The summed E-state index contributed by atoms with van der Waals surface area (Å²) in [5.41, 5.74) is 2.84. The van der Waals surface area contributed by atoms with Crippen LogP contribution in [0.1, 0.15) is 42.9 Å². The minimum absolute atomic E-state index is 0. The number of sulfonamides is 1. The number of unbranched alkanes of at least 4 members (excludes halogenated alkanes) is 2. The van der Waals surface area contributed by atoms with Crippen LogP contribution in [0.3, 0.4) is 0 Å². The molecule has 0 bridgehead atoms. The van der Waals surface area contributed by atoms with Gasteiger partial charge in [0.15, 0.2) is 0 Å². The summed E-state index contributed by atoms with van der Waals surface area (Å²) in [5, 5.41) is 3.92. The zero-order valence-corrected chi connectivity index (χ0v) is 16.8. The van der Waals surface area contributed by atoms with Gasteiger partial charge in [-0.15, -0.1) is 0 Å². The Bertz CT molecular complexity index is 847. The van der Waals surface area contributed by atoms with Crippen molar-refractivity contribution in [3.63, 3.8) is 0 Å². The number of hydrazone groups is 1. The van der Waals surface area contributed by atoms with Crippen molar-refractivity contribution in [1.29, 1.82) is 0 Å². The van der Waals surface area contributed by atoms with E-state index in [9.17, 15) is 8.42 Å². The summed E-state index contributed by atoms with van der Waals surface area (Å²) in [6, 6.07) is 12.4. The van der Waals surface area contributed by atoms with Gasteiger partial charge in [-0.25, -0.2) is 4.83 Å². The van der Waals surface area contributed by atoms with Gasteiger partial charge in [0.2, 0.25) is 0 Å². The Labute approximate surface area is 161 Å². The van der Waals surface area contributed by atoms with Gasteiger partial charge in [0, 0.05) is 5.56 Å². The van der Waals surface area contributed by atoms with Gasteiger partial charge in [-0.1, -0.05) is 49.6 Å². The Morgan fingerprint density at radius 3 is 2.44 bits per heavy atom.